The van der Waals surface area contributed by atoms with Crippen LogP contribution < -0.4 is 4.74 Å². The minimum absolute atomic E-state index is 0.154. The molecule has 5 nitrogen and oxygen atoms in total. The maximum absolute atomic E-state index is 13.3. The van der Waals surface area contributed by atoms with Gasteiger partial charge in [-0.15, -0.1) is 0 Å². The van der Waals surface area contributed by atoms with Crippen LogP contribution in [0.4, 0.5) is 0 Å². The van der Waals surface area contributed by atoms with E-state index in [4.69, 9.17) is 13.9 Å². The summed E-state index contributed by atoms with van der Waals surface area (Å²) in [5.41, 5.74) is 0.801. The van der Waals surface area contributed by atoms with Gasteiger partial charge in [-0.25, -0.2) is 0 Å². The number of para-hydroxylation sites is 1. The van der Waals surface area contributed by atoms with Gasteiger partial charge >= 0.3 is 5.97 Å². The number of fused-ring (bicyclic) bond motifs is 1. The number of methoxy groups -OCH3 is 2. The van der Waals surface area contributed by atoms with Crippen molar-refractivity contribution in [2.75, 3.05) is 14.2 Å². The average molecular weight is 366 g/mol. The molecule has 0 saturated heterocycles. The SMILES string of the molecule is COC(=O)C(C)(C)Cc1oc2ccccc2c1C(=O)c1ccc(OC)cc1. The molecule has 5 heteroatoms. The first kappa shape index (κ1) is 18.7. The van der Waals surface area contributed by atoms with Crippen LogP contribution in [-0.4, -0.2) is 26.0 Å². The van der Waals surface area contributed by atoms with Crippen molar-refractivity contribution in [3.8, 4) is 5.75 Å². The van der Waals surface area contributed by atoms with Gasteiger partial charge in [0.2, 0.25) is 0 Å². The molecule has 0 radical (unpaired) electrons. The van der Waals surface area contributed by atoms with E-state index in [0.29, 0.717) is 28.2 Å². The van der Waals surface area contributed by atoms with E-state index in [1.165, 1.54) is 7.11 Å². The van der Waals surface area contributed by atoms with Crippen LogP contribution in [0.5, 0.6) is 5.75 Å². The van der Waals surface area contributed by atoms with Crippen molar-refractivity contribution in [3.05, 3.63) is 65.4 Å². The lowest BCUT2D eigenvalue weighted by Crippen LogP contribution is -2.28. The van der Waals surface area contributed by atoms with Gasteiger partial charge < -0.3 is 13.9 Å². The second-order valence-electron chi connectivity index (χ2n) is 7.01. The molecule has 0 spiro atoms. The number of rotatable bonds is 6. The van der Waals surface area contributed by atoms with Crippen molar-refractivity contribution in [2.45, 2.75) is 20.3 Å². The van der Waals surface area contributed by atoms with Crippen molar-refractivity contribution in [1.29, 1.82) is 0 Å². The van der Waals surface area contributed by atoms with Crippen molar-refractivity contribution in [2.24, 2.45) is 5.41 Å². The number of esters is 1. The van der Waals surface area contributed by atoms with E-state index in [0.717, 1.165) is 5.39 Å². The molecule has 3 aromatic rings. The van der Waals surface area contributed by atoms with Gasteiger partial charge in [0.1, 0.15) is 17.1 Å². The number of ketones is 1. The fourth-order valence-corrected chi connectivity index (χ4v) is 3.11. The molecule has 0 aliphatic carbocycles. The van der Waals surface area contributed by atoms with Crippen molar-refractivity contribution >= 4 is 22.7 Å². The lowest BCUT2D eigenvalue weighted by Gasteiger charge is -2.20. The highest BCUT2D eigenvalue weighted by Gasteiger charge is 2.33. The minimum Gasteiger partial charge on any atom is -0.497 e. The second kappa shape index (κ2) is 7.27. The number of hydrogen-bond donors (Lipinski definition) is 0. The predicted molar refractivity (Wildman–Crippen MR) is 102 cm³/mol. The molecule has 0 atom stereocenters. The second-order valence-corrected chi connectivity index (χ2v) is 7.01. The largest absolute Gasteiger partial charge is 0.497 e. The van der Waals surface area contributed by atoms with Crippen LogP contribution in [0.2, 0.25) is 0 Å². The highest BCUT2D eigenvalue weighted by Crippen LogP contribution is 2.33. The summed E-state index contributed by atoms with van der Waals surface area (Å²) in [6, 6.07) is 14.3. The zero-order valence-electron chi connectivity index (χ0n) is 15.9. The molecular weight excluding hydrogens is 344 g/mol. The molecule has 0 amide bonds. The highest BCUT2D eigenvalue weighted by atomic mass is 16.5. The van der Waals surface area contributed by atoms with Crippen LogP contribution in [-0.2, 0) is 16.0 Å². The summed E-state index contributed by atoms with van der Waals surface area (Å²) in [4.78, 5) is 25.4. The van der Waals surface area contributed by atoms with E-state index in [2.05, 4.69) is 0 Å². The van der Waals surface area contributed by atoms with Crippen LogP contribution in [0.3, 0.4) is 0 Å². The fourth-order valence-electron chi connectivity index (χ4n) is 3.11. The Labute approximate surface area is 157 Å². The van der Waals surface area contributed by atoms with Gasteiger partial charge in [-0.3, -0.25) is 9.59 Å². The van der Waals surface area contributed by atoms with Gasteiger partial charge in [0.15, 0.2) is 5.78 Å². The van der Waals surface area contributed by atoms with Crippen molar-refractivity contribution in [1.82, 2.24) is 0 Å². The molecule has 0 aliphatic heterocycles. The summed E-state index contributed by atoms with van der Waals surface area (Å²) in [5.74, 6) is 0.645. The fraction of sp³-hybridized carbons (Fsp3) is 0.273. The molecule has 140 valence electrons. The molecule has 1 aromatic heterocycles. The van der Waals surface area contributed by atoms with E-state index in [1.54, 1.807) is 45.2 Å². The Balaban J connectivity index is 2.09. The molecule has 27 heavy (non-hydrogen) atoms. The number of benzene rings is 2. The van der Waals surface area contributed by atoms with Gasteiger partial charge in [0.25, 0.3) is 0 Å². The van der Waals surface area contributed by atoms with Gasteiger partial charge in [0.05, 0.1) is 25.2 Å². The van der Waals surface area contributed by atoms with E-state index in [9.17, 15) is 9.59 Å². The maximum Gasteiger partial charge on any atom is 0.311 e. The van der Waals surface area contributed by atoms with Gasteiger partial charge in [-0.05, 0) is 44.2 Å². The van der Waals surface area contributed by atoms with Crippen LogP contribution in [0.15, 0.2) is 52.9 Å². The molecule has 2 aromatic carbocycles. The summed E-state index contributed by atoms with van der Waals surface area (Å²) in [7, 11) is 2.93. The first-order chi connectivity index (χ1) is 12.9. The third-order valence-electron chi connectivity index (χ3n) is 4.59. The number of carbonyl (C=O) groups is 2. The summed E-state index contributed by atoms with van der Waals surface area (Å²) in [6.07, 6.45) is 0.256. The summed E-state index contributed by atoms with van der Waals surface area (Å²) < 4.78 is 16.0. The molecule has 3 rings (SSSR count). The van der Waals surface area contributed by atoms with Gasteiger partial charge in [-0.1, -0.05) is 18.2 Å². The number of furan rings is 1. The Morgan fingerprint density at radius 2 is 1.67 bits per heavy atom. The summed E-state index contributed by atoms with van der Waals surface area (Å²) >= 11 is 0. The van der Waals surface area contributed by atoms with E-state index in [1.807, 2.05) is 24.3 Å². The predicted octanol–water partition coefficient (Wildman–Crippen LogP) is 4.41. The third kappa shape index (κ3) is 3.58. The van der Waals surface area contributed by atoms with Gasteiger partial charge in [0, 0.05) is 17.4 Å². The van der Waals surface area contributed by atoms with Crippen LogP contribution in [0, 0.1) is 5.41 Å². The average Bonchev–Trinajstić information content (AvgIpc) is 3.03. The minimum atomic E-state index is -0.822. The topological polar surface area (TPSA) is 65.7 Å². The Kier molecular flexibility index (Phi) is 5.04. The van der Waals surface area contributed by atoms with Crippen LogP contribution in [0.1, 0.15) is 35.5 Å². The standard InChI is InChI=1S/C22H22O5/c1-22(2,21(24)26-4)13-18-19(16-7-5-6-8-17(16)27-18)20(23)14-9-11-15(25-3)12-10-14/h5-12H,13H2,1-4H3. The lowest BCUT2D eigenvalue weighted by atomic mass is 9.86. The monoisotopic (exact) mass is 366 g/mol. The smallest absolute Gasteiger partial charge is 0.311 e. The molecule has 0 fully saturated rings. The third-order valence-corrected chi connectivity index (χ3v) is 4.59. The first-order valence-corrected chi connectivity index (χ1v) is 8.65. The summed E-state index contributed by atoms with van der Waals surface area (Å²) in [6.45, 7) is 3.54. The maximum atomic E-state index is 13.3. The van der Waals surface area contributed by atoms with Crippen LogP contribution in [0.25, 0.3) is 11.0 Å². The molecule has 0 N–H and O–H groups in total. The quantitative estimate of drug-likeness (QED) is 0.477. The molecular formula is C22H22O5. The number of carbonyl (C=O) groups excluding carboxylic acids is 2. The van der Waals surface area contributed by atoms with Crippen molar-refractivity contribution < 1.29 is 23.5 Å². The Hall–Kier alpha value is -3.08. The Bertz CT molecular complexity index is 980. The van der Waals surface area contributed by atoms with Crippen LogP contribution >= 0.6 is 0 Å². The van der Waals surface area contributed by atoms with Gasteiger partial charge in [-0.2, -0.15) is 0 Å². The Morgan fingerprint density at radius 3 is 2.30 bits per heavy atom. The normalized spacial score (nSPS) is 11.4. The summed E-state index contributed by atoms with van der Waals surface area (Å²) in [5, 5.41) is 0.731. The molecule has 0 saturated carbocycles. The molecule has 0 unspecified atom stereocenters. The molecule has 0 bridgehead atoms. The number of ether oxygens (including phenoxy) is 2. The highest BCUT2D eigenvalue weighted by molar-refractivity contribution is 6.17. The van der Waals surface area contributed by atoms with E-state index >= 15 is 0 Å². The van der Waals surface area contributed by atoms with Crippen molar-refractivity contribution in [3.63, 3.8) is 0 Å². The first-order valence-electron chi connectivity index (χ1n) is 8.65. The van der Waals surface area contributed by atoms with E-state index < -0.39 is 5.41 Å². The zero-order chi connectivity index (χ0) is 19.6. The van der Waals surface area contributed by atoms with E-state index in [-0.39, 0.29) is 18.2 Å². The zero-order valence-corrected chi connectivity index (χ0v) is 15.9. The Morgan fingerprint density at radius 1 is 1.00 bits per heavy atom. The lowest BCUT2D eigenvalue weighted by molar-refractivity contribution is -0.150. The molecule has 1 heterocycles. The number of hydrogen-bond acceptors (Lipinski definition) is 5. The molecule has 0 aliphatic rings.